The fourth-order valence-corrected chi connectivity index (χ4v) is 4.88. The lowest BCUT2D eigenvalue weighted by Crippen LogP contribution is -2.45. The molecule has 0 saturated heterocycles. The van der Waals surface area contributed by atoms with E-state index < -0.39 is 14.8 Å². The van der Waals surface area contributed by atoms with Gasteiger partial charge in [-0.25, -0.2) is 18.1 Å². The van der Waals surface area contributed by atoms with Gasteiger partial charge in [-0.3, -0.25) is 4.98 Å². The SMILES string of the molecule is CC(C)(C)S(=O)(=O)NC1CCC(c2cc3cc(-c4ccccn4)cnc3[nH]2)CC1. The average molecular weight is 413 g/mol. The van der Waals surface area contributed by atoms with E-state index in [9.17, 15) is 8.42 Å². The van der Waals surface area contributed by atoms with Gasteiger partial charge in [-0.05, 0) is 76.6 Å². The zero-order chi connectivity index (χ0) is 20.6. The molecule has 7 heteroatoms. The molecule has 1 aliphatic carbocycles. The molecule has 1 saturated carbocycles. The third-order valence-corrected chi connectivity index (χ3v) is 8.00. The maximum absolute atomic E-state index is 12.4. The molecule has 3 heterocycles. The second-order valence-electron chi connectivity index (χ2n) is 8.88. The first-order chi connectivity index (χ1) is 13.7. The Morgan fingerprint density at radius 1 is 1.07 bits per heavy atom. The van der Waals surface area contributed by atoms with Crippen LogP contribution < -0.4 is 4.72 Å². The lowest BCUT2D eigenvalue weighted by molar-refractivity contribution is 0.368. The Bertz CT molecular complexity index is 1090. The maximum Gasteiger partial charge on any atom is 0.216 e. The summed E-state index contributed by atoms with van der Waals surface area (Å²) in [5, 5.41) is 1.08. The summed E-state index contributed by atoms with van der Waals surface area (Å²) in [6, 6.07) is 10.2. The van der Waals surface area contributed by atoms with Gasteiger partial charge in [0.25, 0.3) is 0 Å². The van der Waals surface area contributed by atoms with Gasteiger partial charge < -0.3 is 4.98 Å². The summed E-state index contributed by atoms with van der Waals surface area (Å²) in [6.07, 6.45) is 7.25. The van der Waals surface area contributed by atoms with Gasteiger partial charge in [0.1, 0.15) is 5.65 Å². The third kappa shape index (κ3) is 4.21. The minimum atomic E-state index is -3.30. The van der Waals surface area contributed by atoms with E-state index in [1.165, 1.54) is 5.69 Å². The number of sulfonamides is 1. The molecule has 0 aromatic carbocycles. The standard InChI is InChI=1S/C22H28N4O2S/c1-22(2,3)29(27,28)26-18-9-7-15(8-10-18)20-13-16-12-17(14-24-21(16)25-20)19-6-4-5-11-23-19/h4-6,11-15,18,26H,7-10H2,1-3H3,(H,24,25). The van der Waals surface area contributed by atoms with Crippen molar-refractivity contribution in [3.8, 4) is 11.3 Å². The van der Waals surface area contributed by atoms with E-state index in [2.05, 4.69) is 31.8 Å². The van der Waals surface area contributed by atoms with Gasteiger partial charge >= 0.3 is 0 Å². The highest BCUT2D eigenvalue weighted by atomic mass is 32.2. The summed E-state index contributed by atoms with van der Waals surface area (Å²) in [4.78, 5) is 12.4. The normalized spacial score (nSPS) is 20.8. The number of hydrogen-bond donors (Lipinski definition) is 2. The molecule has 1 fully saturated rings. The van der Waals surface area contributed by atoms with Gasteiger partial charge in [-0.15, -0.1) is 0 Å². The van der Waals surface area contributed by atoms with Crippen LogP contribution in [-0.4, -0.2) is 34.2 Å². The van der Waals surface area contributed by atoms with Gasteiger partial charge in [0.2, 0.25) is 10.0 Å². The molecular weight excluding hydrogens is 384 g/mol. The fourth-order valence-electron chi connectivity index (χ4n) is 3.85. The van der Waals surface area contributed by atoms with E-state index in [0.717, 1.165) is 48.0 Å². The number of fused-ring (bicyclic) bond motifs is 1. The predicted molar refractivity (Wildman–Crippen MR) is 116 cm³/mol. The zero-order valence-electron chi connectivity index (χ0n) is 17.1. The third-order valence-electron chi connectivity index (χ3n) is 5.75. The minimum Gasteiger partial charge on any atom is -0.343 e. The van der Waals surface area contributed by atoms with Crippen molar-refractivity contribution in [1.29, 1.82) is 0 Å². The van der Waals surface area contributed by atoms with Crippen LogP contribution in [0.2, 0.25) is 0 Å². The molecule has 0 aliphatic heterocycles. The van der Waals surface area contributed by atoms with E-state index >= 15 is 0 Å². The molecule has 2 N–H and O–H groups in total. The van der Waals surface area contributed by atoms with E-state index in [-0.39, 0.29) is 6.04 Å². The van der Waals surface area contributed by atoms with Crippen molar-refractivity contribution in [3.05, 3.63) is 48.4 Å². The van der Waals surface area contributed by atoms with Crippen molar-refractivity contribution in [1.82, 2.24) is 19.7 Å². The van der Waals surface area contributed by atoms with Crippen LogP contribution in [0.3, 0.4) is 0 Å². The summed E-state index contributed by atoms with van der Waals surface area (Å²) < 4.78 is 26.9. The fraction of sp³-hybridized carbons (Fsp3) is 0.455. The van der Waals surface area contributed by atoms with Crippen LogP contribution in [0.4, 0.5) is 0 Å². The molecule has 0 bridgehead atoms. The van der Waals surface area contributed by atoms with Gasteiger partial charge in [0.15, 0.2) is 0 Å². The van der Waals surface area contributed by atoms with Crippen LogP contribution in [0, 0.1) is 0 Å². The van der Waals surface area contributed by atoms with E-state index in [0.29, 0.717) is 5.92 Å². The molecule has 0 amide bonds. The van der Waals surface area contributed by atoms with Crippen LogP contribution >= 0.6 is 0 Å². The number of pyridine rings is 2. The van der Waals surface area contributed by atoms with Crippen molar-refractivity contribution >= 4 is 21.1 Å². The summed E-state index contributed by atoms with van der Waals surface area (Å²) >= 11 is 0. The molecule has 3 aromatic rings. The number of nitrogens with zero attached hydrogens (tertiary/aromatic N) is 2. The number of rotatable bonds is 4. The molecule has 154 valence electrons. The summed E-state index contributed by atoms with van der Waals surface area (Å²) in [7, 11) is -3.30. The van der Waals surface area contributed by atoms with Crippen molar-refractivity contribution in [2.24, 2.45) is 0 Å². The maximum atomic E-state index is 12.4. The Morgan fingerprint density at radius 3 is 2.48 bits per heavy atom. The summed E-state index contributed by atoms with van der Waals surface area (Å²) in [6.45, 7) is 5.20. The van der Waals surface area contributed by atoms with Crippen LogP contribution in [0.5, 0.6) is 0 Å². The quantitative estimate of drug-likeness (QED) is 0.666. The molecule has 0 spiro atoms. The number of H-pyrrole nitrogens is 1. The molecule has 1 aliphatic rings. The highest BCUT2D eigenvalue weighted by Gasteiger charge is 2.33. The van der Waals surface area contributed by atoms with Crippen LogP contribution in [-0.2, 0) is 10.0 Å². The van der Waals surface area contributed by atoms with Gasteiger partial charge in [-0.2, -0.15) is 0 Å². The summed E-state index contributed by atoms with van der Waals surface area (Å²) in [5.74, 6) is 0.401. The molecule has 3 aromatic heterocycles. The first kappa shape index (κ1) is 20.0. The molecule has 4 rings (SSSR count). The van der Waals surface area contributed by atoms with E-state index in [1.54, 1.807) is 27.0 Å². The van der Waals surface area contributed by atoms with Gasteiger partial charge in [0, 0.05) is 35.1 Å². The Kier molecular flexibility index (Phi) is 5.21. The molecular formula is C22H28N4O2S. The second-order valence-corrected chi connectivity index (χ2v) is 11.4. The van der Waals surface area contributed by atoms with Crippen LogP contribution in [0.1, 0.15) is 58.1 Å². The minimum absolute atomic E-state index is 0.0220. The van der Waals surface area contributed by atoms with E-state index in [1.807, 2.05) is 24.4 Å². The Balaban J connectivity index is 1.46. The highest BCUT2D eigenvalue weighted by Crippen LogP contribution is 2.35. The number of nitrogens with one attached hydrogen (secondary N) is 2. The second kappa shape index (κ2) is 7.54. The van der Waals surface area contributed by atoms with Crippen molar-refractivity contribution in [2.75, 3.05) is 0 Å². The highest BCUT2D eigenvalue weighted by molar-refractivity contribution is 7.90. The Morgan fingerprint density at radius 2 is 1.83 bits per heavy atom. The van der Waals surface area contributed by atoms with Crippen LogP contribution in [0.15, 0.2) is 42.7 Å². The lowest BCUT2D eigenvalue weighted by atomic mass is 9.84. The van der Waals surface area contributed by atoms with E-state index in [4.69, 9.17) is 0 Å². The molecule has 0 radical (unpaired) electrons. The first-order valence-corrected chi connectivity index (χ1v) is 11.6. The number of aromatic nitrogens is 3. The topological polar surface area (TPSA) is 87.7 Å². The number of aromatic amines is 1. The van der Waals surface area contributed by atoms with Crippen molar-refractivity contribution < 1.29 is 8.42 Å². The summed E-state index contributed by atoms with van der Waals surface area (Å²) in [5.41, 5.74) is 3.98. The monoisotopic (exact) mass is 412 g/mol. The smallest absolute Gasteiger partial charge is 0.216 e. The zero-order valence-corrected chi connectivity index (χ0v) is 18.0. The van der Waals surface area contributed by atoms with Crippen LogP contribution in [0.25, 0.3) is 22.3 Å². The average Bonchev–Trinajstić information content (AvgIpc) is 3.11. The molecule has 6 nitrogen and oxygen atoms in total. The number of hydrogen-bond acceptors (Lipinski definition) is 4. The van der Waals surface area contributed by atoms with Crippen molar-refractivity contribution in [2.45, 2.75) is 63.2 Å². The van der Waals surface area contributed by atoms with Gasteiger partial charge in [0.05, 0.1) is 10.4 Å². The predicted octanol–water partition coefficient (Wildman–Crippen LogP) is 4.37. The first-order valence-electron chi connectivity index (χ1n) is 10.1. The van der Waals surface area contributed by atoms with Gasteiger partial charge in [-0.1, -0.05) is 6.07 Å². The Labute approximate surface area is 172 Å². The Hall–Kier alpha value is -2.25. The lowest BCUT2D eigenvalue weighted by Gasteiger charge is -2.31. The van der Waals surface area contributed by atoms with Crippen molar-refractivity contribution in [3.63, 3.8) is 0 Å². The molecule has 0 unspecified atom stereocenters. The molecule has 29 heavy (non-hydrogen) atoms. The largest absolute Gasteiger partial charge is 0.343 e. The molecule has 0 atom stereocenters.